The highest BCUT2D eigenvalue weighted by Gasteiger charge is 2.35. The minimum absolute atomic E-state index is 0. The summed E-state index contributed by atoms with van der Waals surface area (Å²) in [6, 6.07) is 4.52. The fraction of sp³-hybridized carbons (Fsp3) is 0.467. The Hall–Kier alpha value is -1.37. The number of nitrogens with zero attached hydrogens (tertiary/aromatic N) is 2. The zero-order valence-corrected chi connectivity index (χ0v) is 13.8. The van der Waals surface area contributed by atoms with Crippen LogP contribution in [0.3, 0.4) is 0 Å². The summed E-state index contributed by atoms with van der Waals surface area (Å²) in [5, 5.41) is 12.7. The number of fused-ring (bicyclic) bond motifs is 1. The second-order valence-electron chi connectivity index (χ2n) is 5.70. The van der Waals surface area contributed by atoms with Gasteiger partial charge in [0.05, 0.1) is 6.54 Å². The largest absolute Gasteiger partial charge is 0.329 e. The number of carbonyl (C=O) groups excluding carboxylic acids is 1. The molecule has 1 aliphatic heterocycles. The van der Waals surface area contributed by atoms with Crippen LogP contribution >= 0.6 is 23.7 Å². The summed E-state index contributed by atoms with van der Waals surface area (Å²) in [5.41, 5.74) is 2.78. The van der Waals surface area contributed by atoms with E-state index in [-0.39, 0.29) is 18.3 Å². The van der Waals surface area contributed by atoms with Gasteiger partial charge in [-0.15, -0.1) is 23.7 Å². The fourth-order valence-electron chi connectivity index (χ4n) is 2.86. The predicted molar refractivity (Wildman–Crippen MR) is 88.5 cm³/mol. The molecule has 1 fully saturated rings. The summed E-state index contributed by atoms with van der Waals surface area (Å²) in [6.45, 7) is 2.39. The van der Waals surface area contributed by atoms with Crippen molar-refractivity contribution >= 4 is 29.7 Å². The van der Waals surface area contributed by atoms with Crippen molar-refractivity contribution in [3.63, 3.8) is 0 Å². The molecule has 1 aliphatic carbocycles. The van der Waals surface area contributed by atoms with Crippen molar-refractivity contribution in [1.82, 2.24) is 20.4 Å². The molecule has 3 heterocycles. The van der Waals surface area contributed by atoms with Crippen molar-refractivity contribution in [1.29, 1.82) is 0 Å². The highest BCUT2D eigenvalue weighted by atomic mass is 35.5. The van der Waals surface area contributed by atoms with E-state index in [1.54, 1.807) is 11.3 Å². The summed E-state index contributed by atoms with van der Waals surface area (Å²) in [6.07, 6.45) is 3.15. The number of thiophene rings is 1. The second-order valence-corrected chi connectivity index (χ2v) is 6.73. The average molecular weight is 339 g/mol. The van der Waals surface area contributed by atoms with Gasteiger partial charge in [0.2, 0.25) is 0 Å². The van der Waals surface area contributed by atoms with Crippen LogP contribution in [0.15, 0.2) is 17.5 Å². The molecule has 0 spiro atoms. The highest BCUT2D eigenvalue weighted by Crippen LogP contribution is 2.31. The standard InChI is InChI=1S/C15H18N4OS.ClH/c20-15(14-12-8-16-6-5-13(12)17-18-14)19(10-3-4-10)9-11-2-1-7-21-11;/h1-2,7,10,16H,3-6,8-9H2,(H,17,18);1H. The van der Waals surface area contributed by atoms with E-state index in [2.05, 4.69) is 27.0 Å². The van der Waals surface area contributed by atoms with Crippen LogP contribution in [0.4, 0.5) is 0 Å². The maximum absolute atomic E-state index is 12.9. The smallest absolute Gasteiger partial charge is 0.275 e. The van der Waals surface area contributed by atoms with Crippen LogP contribution in [-0.2, 0) is 19.5 Å². The minimum atomic E-state index is 0. The first-order valence-electron chi connectivity index (χ1n) is 7.43. The zero-order valence-electron chi connectivity index (χ0n) is 12.2. The molecule has 0 bridgehead atoms. The first-order valence-corrected chi connectivity index (χ1v) is 8.31. The maximum Gasteiger partial charge on any atom is 0.275 e. The SMILES string of the molecule is Cl.O=C(c1n[nH]c2c1CNCC2)N(Cc1cccs1)C1CC1. The molecular weight excluding hydrogens is 320 g/mol. The van der Waals surface area contributed by atoms with Crippen LogP contribution in [0, 0.1) is 0 Å². The Kier molecular flexibility index (Phi) is 4.52. The van der Waals surface area contributed by atoms with Gasteiger partial charge in [0.15, 0.2) is 5.69 Å². The van der Waals surface area contributed by atoms with E-state index in [9.17, 15) is 4.79 Å². The van der Waals surface area contributed by atoms with Crippen LogP contribution in [0.1, 0.15) is 39.5 Å². The lowest BCUT2D eigenvalue weighted by atomic mass is 10.1. The van der Waals surface area contributed by atoms with Crippen molar-refractivity contribution < 1.29 is 4.79 Å². The molecule has 7 heteroatoms. The monoisotopic (exact) mass is 338 g/mol. The molecule has 2 N–H and O–H groups in total. The zero-order chi connectivity index (χ0) is 14.2. The van der Waals surface area contributed by atoms with E-state index in [0.29, 0.717) is 18.3 Å². The lowest BCUT2D eigenvalue weighted by Crippen LogP contribution is -2.34. The van der Waals surface area contributed by atoms with E-state index in [4.69, 9.17) is 0 Å². The number of amides is 1. The molecule has 0 saturated heterocycles. The molecule has 22 heavy (non-hydrogen) atoms. The number of rotatable bonds is 4. The van der Waals surface area contributed by atoms with Crippen LogP contribution in [0.5, 0.6) is 0 Å². The van der Waals surface area contributed by atoms with E-state index in [0.717, 1.165) is 43.6 Å². The van der Waals surface area contributed by atoms with Crippen molar-refractivity contribution in [2.75, 3.05) is 6.54 Å². The number of hydrogen-bond donors (Lipinski definition) is 2. The summed E-state index contributed by atoms with van der Waals surface area (Å²) in [4.78, 5) is 16.1. The number of aromatic nitrogens is 2. The Labute approximate surface area is 139 Å². The van der Waals surface area contributed by atoms with Crippen molar-refractivity contribution in [2.24, 2.45) is 0 Å². The van der Waals surface area contributed by atoms with Crippen LogP contribution in [0.2, 0.25) is 0 Å². The lowest BCUT2D eigenvalue weighted by molar-refractivity contribution is 0.0724. The minimum Gasteiger partial charge on any atom is -0.329 e. The fourth-order valence-corrected chi connectivity index (χ4v) is 3.56. The summed E-state index contributed by atoms with van der Waals surface area (Å²) in [7, 11) is 0. The lowest BCUT2D eigenvalue weighted by Gasteiger charge is -2.22. The number of nitrogens with one attached hydrogen (secondary N) is 2. The summed E-state index contributed by atoms with van der Waals surface area (Å²) in [5.74, 6) is 0.0760. The number of halogens is 1. The first-order chi connectivity index (χ1) is 10.3. The second kappa shape index (κ2) is 6.40. The Morgan fingerprint density at radius 3 is 3.05 bits per heavy atom. The van der Waals surface area contributed by atoms with E-state index >= 15 is 0 Å². The van der Waals surface area contributed by atoms with Crippen LogP contribution in [0.25, 0.3) is 0 Å². The third kappa shape index (κ3) is 2.91. The van der Waals surface area contributed by atoms with Crippen LogP contribution < -0.4 is 5.32 Å². The molecule has 1 saturated carbocycles. The Morgan fingerprint density at radius 2 is 2.32 bits per heavy atom. The summed E-state index contributed by atoms with van der Waals surface area (Å²) < 4.78 is 0. The topological polar surface area (TPSA) is 61.0 Å². The van der Waals surface area contributed by atoms with Gasteiger partial charge in [0.25, 0.3) is 5.91 Å². The van der Waals surface area contributed by atoms with Crippen LogP contribution in [-0.4, -0.2) is 33.6 Å². The molecule has 2 aromatic rings. The molecule has 0 atom stereocenters. The van der Waals surface area contributed by atoms with Gasteiger partial charge in [-0.2, -0.15) is 5.10 Å². The van der Waals surface area contributed by atoms with E-state index in [1.165, 1.54) is 4.88 Å². The van der Waals surface area contributed by atoms with E-state index in [1.807, 2.05) is 11.0 Å². The highest BCUT2D eigenvalue weighted by molar-refractivity contribution is 7.09. The number of aromatic amines is 1. The van der Waals surface area contributed by atoms with Gasteiger partial charge in [-0.25, -0.2) is 0 Å². The molecule has 1 amide bonds. The van der Waals surface area contributed by atoms with E-state index < -0.39 is 0 Å². The van der Waals surface area contributed by atoms with Crippen molar-refractivity contribution in [2.45, 2.75) is 38.4 Å². The molecule has 2 aromatic heterocycles. The molecule has 4 rings (SSSR count). The molecule has 2 aliphatic rings. The Bertz CT molecular complexity index is 651. The van der Waals surface area contributed by atoms with Gasteiger partial charge >= 0.3 is 0 Å². The van der Waals surface area contributed by atoms with Gasteiger partial charge in [-0.1, -0.05) is 6.07 Å². The molecule has 118 valence electrons. The Balaban J connectivity index is 0.00000144. The molecule has 0 aromatic carbocycles. The van der Waals surface area contributed by atoms with Crippen molar-refractivity contribution in [3.05, 3.63) is 39.3 Å². The van der Waals surface area contributed by atoms with Gasteiger partial charge in [-0.3, -0.25) is 9.89 Å². The predicted octanol–water partition coefficient (Wildman–Crippen LogP) is 2.34. The molecule has 5 nitrogen and oxygen atoms in total. The molecular formula is C15H19ClN4OS. The third-order valence-electron chi connectivity index (χ3n) is 4.16. The number of hydrogen-bond acceptors (Lipinski definition) is 4. The van der Waals surface area contributed by atoms with Gasteiger partial charge < -0.3 is 10.2 Å². The quantitative estimate of drug-likeness (QED) is 0.899. The Morgan fingerprint density at radius 1 is 1.45 bits per heavy atom. The third-order valence-corrected chi connectivity index (χ3v) is 5.02. The number of carbonyl (C=O) groups is 1. The maximum atomic E-state index is 12.9. The van der Waals surface area contributed by atoms with Gasteiger partial charge in [0, 0.05) is 41.7 Å². The first kappa shape index (κ1) is 15.5. The average Bonchev–Trinajstić information content (AvgIpc) is 3.05. The molecule has 0 unspecified atom stereocenters. The molecule has 0 radical (unpaired) electrons. The number of H-pyrrole nitrogens is 1. The summed E-state index contributed by atoms with van der Waals surface area (Å²) >= 11 is 1.71. The van der Waals surface area contributed by atoms with Crippen molar-refractivity contribution in [3.8, 4) is 0 Å². The van der Waals surface area contributed by atoms with Gasteiger partial charge in [-0.05, 0) is 24.3 Å². The van der Waals surface area contributed by atoms with Gasteiger partial charge in [0.1, 0.15) is 0 Å². The normalized spacial score (nSPS) is 16.7.